The molecule has 0 saturated heterocycles. The van der Waals surface area contributed by atoms with Crippen LogP contribution in [0.15, 0.2) is 36.4 Å². The number of thiazole rings is 1. The van der Waals surface area contributed by atoms with Gasteiger partial charge in [0.05, 0.1) is 25.8 Å². The van der Waals surface area contributed by atoms with Gasteiger partial charge in [0.25, 0.3) is 0 Å². The van der Waals surface area contributed by atoms with E-state index in [4.69, 9.17) is 28.9 Å². The van der Waals surface area contributed by atoms with Crippen LogP contribution in [0.1, 0.15) is 0 Å². The highest BCUT2D eigenvalue weighted by Crippen LogP contribution is 2.39. The third-order valence-corrected chi connectivity index (χ3v) is 4.49. The average Bonchev–Trinajstić information content (AvgIpc) is 2.74. The Bertz CT molecular complexity index is 717. The van der Waals surface area contributed by atoms with Crippen LogP contribution in [0.3, 0.4) is 0 Å². The van der Waals surface area contributed by atoms with E-state index in [0.717, 1.165) is 20.8 Å². The molecule has 0 bridgehead atoms. The molecule has 18 heavy (non-hydrogen) atoms. The second-order valence-corrected chi connectivity index (χ2v) is 5.62. The second-order valence-electron chi connectivity index (χ2n) is 3.81. The predicted molar refractivity (Wildman–Crippen MR) is 79.5 cm³/mol. The Hall–Kier alpha value is -1.29. The van der Waals surface area contributed by atoms with Crippen LogP contribution in [-0.4, -0.2) is 4.98 Å². The van der Waals surface area contributed by atoms with Crippen molar-refractivity contribution in [1.29, 1.82) is 0 Å². The number of hydrogen-bond acceptors (Lipinski definition) is 3. The smallest absolute Gasteiger partial charge is 0.128 e. The molecule has 0 spiro atoms. The number of benzene rings is 2. The van der Waals surface area contributed by atoms with E-state index in [9.17, 15) is 0 Å². The zero-order valence-electron chi connectivity index (χ0n) is 9.15. The fourth-order valence-electron chi connectivity index (χ4n) is 1.79. The van der Waals surface area contributed by atoms with Gasteiger partial charge in [0.2, 0.25) is 0 Å². The van der Waals surface area contributed by atoms with Gasteiger partial charge in [-0.1, -0.05) is 35.3 Å². The van der Waals surface area contributed by atoms with Crippen molar-refractivity contribution in [3.8, 4) is 10.6 Å². The summed E-state index contributed by atoms with van der Waals surface area (Å²) >= 11 is 13.8. The monoisotopic (exact) mass is 294 g/mol. The van der Waals surface area contributed by atoms with Crippen molar-refractivity contribution in [2.75, 3.05) is 5.73 Å². The Balaban J connectivity index is 2.30. The molecule has 0 saturated carbocycles. The van der Waals surface area contributed by atoms with Gasteiger partial charge in [0, 0.05) is 5.69 Å². The number of hydrogen-bond donors (Lipinski definition) is 1. The molecule has 0 aliphatic heterocycles. The first kappa shape index (κ1) is 11.8. The zero-order chi connectivity index (χ0) is 12.7. The third kappa shape index (κ3) is 1.85. The largest absolute Gasteiger partial charge is 0.398 e. The van der Waals surface area contributed by atoms with E-state index >= 15 is 0 Å². The molecule has 2 aromatic carbocycles. The molecule has 0 atom stereocenters. The summed E-state index contributed by atoms with van der Waals surface area (Å²) in [5.41, 5.74) is 8.22. The Morgan fingerprint density at radius 2 is 1.72 bits per heavy atom. The Morgan fingerprint density at radius 1 is 1.00 bits per heavy atom. The fraction of sp³-hybridized carbons (Fsp3) is 0. The van der Waals surface area contributed by atoms with Crippen molar-refractivity contribution >= 4 is 50.4 Å². The maximum atomic E-state index is 6.19. The van der Waals surface area contributed by atoms with Crippen molar-refractivity contribution in [2.45, 2.75) is 0 Å². The summed E-state index contributed by atoms with van der Waals surface area (Å²) in [6.45, 7) is 0. The number of nitrogens with two attached hydrogens (primary N) is 1. The second kappa shape index (κ2) is 4.43. The topological polar surface area (TPSA) is 38.9 Å². The lowest BCUT2D eigenvalue weighted by Crippen LogP contribution is -1.89. The van der Waals surface area contributed by atoms with Crippen LogP contribution < -0.4 is 5.73 Å². The SMILES string of the molecule is Nc1cccc(Cl)c1-c1nc2cccc(Cl)c2s1. The van der Waals surface area contributed by atoms with E-state index in [2.05, 4.69) is 4.98 Å². The number of nitrogens with zero attached hydrogens (tertiary/aromatic N) is 1. The molecule has 0 unspecified atom stereocenters. The van der Waals surface area contributed by atoms with Gasteiger partial charge in [-0.3, -0.25) is 0 Å². The van der Waals surface area contributed by atoms with E-state index in [1.807, 2.05) is 30.3 Å². The number of aromatic nitrogens is 1. The van der Waals surface area contributed by atoms with Crippen molar-refractivity contribution in [3.63, 3.8) is 0 Å². The highest BCUT2D eigenvalue weighted by molar-refractivity contribution is 7.22. The number of halogens is 2. The van der Waals surface area contributed by atoms with E-state index in [-0.39, 0.29) is 0 Å². The van der Waals surface area contributed by atoms with Crippen LogP contribution in [0.4, 0.5) is 5.69 Å². The van der Waals surface area contributed by atoms with Crippen molar-refractivity contribution in [1.82, 2.24) is 4.98 Å². The van der Waals surface area contributed by atoms with Crippen LogP contribution in [0.25, 0.3) is 20.8 Å². The number of nitrogen functional groups attached to an aromatic ring is 1. The maximum Gasteiger partial charge on any atom is 0.128 e. The van der Waals surface area contributed by atoms with Crippen LogP contribution in [0, 0.1) is 0 Å². The lowest BCUT2D eigenvalue weighted by molar-refractivity contribution is 1.48. The van der Waals surface area contributed by atoms with Crippen LogP contribution >= 0.6 is 34.5 Å². The molecule has 0 aliphatic rings. The van der Waals surface area contributed by atoms with E-state index in [0.29, 0.717) is 15.7 Å². The van der Waals surface area contributed by atoms with Gasteiger partial charge in [-0.2, -0.15) is 0 Å². The first-order chi connectivity index (χ1) is 8.66. The molecule has 2 nitrogen and oxygen atoms in total. The number of fused-ring (bicyclic) bond motifs is 1. The van der Waals surface area contributed by atoms with Gasteiger partial charge in [0.15, 0.2) is 0 Å². The van der Waals surface area contributed by atoms with Crippen molar-refractivity contribution < 1.29 is 0 Å². The molecule has 0 fully saturated rings. The first-order valence-electron chi connectivity index (χ1n) is 5.26. The van der Waals surface area contributed by atoms with Crippen molar-refractivity contribution in [3.05, 3.63) is 46.4 Å². The van der Waals surface area contributed by atoms with Crippen LogP contribution in [-0.2, 0) is 0 Å². The summed E-state index contributed by atoms with van der Waals surface area (Å²) in [5, 5.41) is 2.09. The number of rotatable bonds is 1. The molecular weight excluding hydrogens is 287 g/mol. The average molecular weight is 295 g/mol. The fourth-order valence-corrected chi connectivity index (χ4v) is 3.45. The van der Waals surface area contributed by atoms with E-state index in [1.165, 1.54) is 11.3 Å². The molecule has 1 aromatic heterocycles. The molecule has 3 rings (SSSR count). The number of anilines is 1. The summed E-state index contributed by atoms with van der Waals surface area (Å²) in [7, 11) is 0. The lowest BCUT2D eigenvalue weighted by atomic mass is 10.2. The van der Waals surface area contributed by atoms with Gasteiger partial charge < -0.3 is 5.73 Å². The molecule has 90 valence electrons. The molecule has 5 heteroatoms. The molecule has 0 amide bonds. The van der Waals surface area contributed by atoms with Gasteiger partial charge >= 0.3 is 0 Å². The van der Waals surface area contributed by atoms with E-state index in [1.54, 1.807) is 6.07 Å². The maximum absolute atomic E-state index is 6.19. The Morgan fingerprint density at radius 3 is 2.44 bits per heavy atom. The molecule has 1 heterocycles. The Kier molecular flexibility index (Phi) is 2.90. The predicted octanol–water partition coefficient (Wildman–Crippen LogP) is 4.85. The third-order valence-electron chi connectivity index (χ3n) is 2.63. The van der Waals surface area contributed by atoms with Crippen molar-refractivity contribution in [2.24, 2.45) is 0 Å². The highest BCUT2D eigenvalue weighted by atomic mass is 35.5. The molecule has 2 N–H and O–H groups in total. The van der Waals surface area contributed by atoms with E-state index < -0.39 is 0 Å². The minimum Gasteiger partial charge on any atom is -0.398 e. The van der Waals surface area contributed by atoms with Gasteiger partial charge in [-0.05, 0) is 24.3 Å². The van der Waals surface area contributed by atoms with Crippen LogP contribution in [0.2, 0.25) is 10.0 Å². The minimum atomic E-state index is 0.602. The quantitative estimate of drug-likeness (QED) is 0.652. The summed E-state index contributed by atoms with van der Waals surface area (Å²) < 4.78 is 0.952. The minimum absolute atomic E-state index is 0.602. The van der Waals surface area contributed by atoms with Gasteiger partial charge in [0.1, 0.15) is 5.01 Å². The molecular formula is C13H8Cl2N2S. The lowest BCUT2D eigenvalue weighted by Gasteiger charge is -2.03. The first-order valence-corrected chi connectivity index (χ1v) is 6.83. The van der Waals surface area contributed by atoms with Gasteiger partial charge in [-0.15, -0.1) is 11.3 Å². The molecule has 0 aliphatic carbocycles. The normalized spacial score (nSPS) is 11.0. The summed E-state index contributed by atoms with van der Waals surface area (Å²) in [4.78, 5) is 4.54. The Labute approximate surface area is 118 Å². The zero-order valence-corrected chi connectivity index (χ0v) is 11.5. The summed E-state index contributed by atoms with van der Waals surface area (Å²) in [6, 6.07) is 11.1. The van der Waals surface area contributed by atoms with Crippen LogP contribution in [0.5, 0.6) is 0 Å². The highest BCUT2D eigenvalue weighted by Gasteiger charge is 2.13. The summed E-state index contributed by atoms with van der Waals surface area (Å²) in [5.74, 6) is 0. The van der Waals surface area contributed by atoms with Gasteiger partial charge in [-0.25, -0.2) is 4.98 Å². The molecule has 0 radical (unpaired) electrons. The standard InChI is InChI=1S/C13H8Cl2N2S/c14-7-3-1-5-9(16)11(7)13-17-10-6-2-4-8(15)12(10)18-13/h1-6H,16H2. The summed E-state index contributed by atoms with van der Waals surface area (Å²) in [6.07, 6.45) is 0. The molecule has 3 aromatic rings.